The largest absolute Gasteiger partial charge is 0.373 e. The first kappa shape index (κ1) is 22.6. The van der Waals surface area contributed by atoms with Gasteiger partial charge < -0.3 is 10.1 Å². The number of carbonyl (C=O) groups excluding carboxylic acids is 1. The van der Waals surface area contributed by atoms with Gasteiger partial charge in [-0.3, -0.25) is 0 Å². The van der Waals surface area contributed by atoms with Crippen LogP contribution in [0.15, 0.2) is 12.1 Å². The molecule has 7 nitrogen and oxygen atoms in total. The SMILES string of the molecule is CC1CN(S(=O)(=O)NC(=O)Nc2c(C(C)C)cc(F)cc2C(C)C)CC(C)O1. The molecule has 9 heteroatoms. The van der Waals surface area contributed by atoms with Crippen molar-refractivity contribution in [3.63, 3.8) is 0 Å². The molecule has 1 fully saturated rings. The van der Waals surface area contributed by atoms with E-state index in [4.69, 9.17) is 4.74 Å². The molecule has 1 heterocycles. The standard InChI is InChI=1S/C19H30FN3O4S/c1-11(2)16-7-15(20)8-17(12(3)4)18(16)21-19(24)22-28(25,26)23-9-13(5)27-14(6)10-23/h7-8,11-14H,9-10H2,1-6H3,(H2,21,22,24). The number of anilines is 1. The summed E-state index contributed by atoms with van der Waals surface area (Å²) in [5, 5.41) is 2.63. The van der Waals surface area contributed by atoms with E-state index in [0.717, 1.165) is 0 Å². The van der Waals surface area contributed by atoms with Gasteiger partial charge in [0.1, 0.15) is 5.82 Å². The minimum absolute atomic E-state index is 0.0546. The lowest BCUT2D eigenvalue weighted by Gasteiger charge is -2.34. The first-order valence-corrected chi connectivity index (χ1v) is 10.9. The van der Waals surface area contributed by atoms with Gasteiger partial charge in [-0.15, -0.1) is 0 Å². The van der Waals surface area contributed by atoms with E-state index in [0.29, 0.717) is 16.8 Å². The lowest BCUT2D eigenvalue weighted by molar-refractivity contribution is -0.0442. The number of halogens is 1. The van der Waals surface area contributed by atoms with Crippen molar-refractivity contribution >= 4 is 21.9 Å². The number of rotatable bonds is 5. The molecule has 1 saturated heterocycles. The van der Waals surface area contributed by atoms with Crippen molar-refractivity contribution < 1.29 is 22.3 Å². The molecule has 0 radical (unpaired) electrons. The average Bonchev–Trinajstić information content (AvgIpc) is 2.54. The predicted molar refractivity (Wildman–Crippen MR) is 107 cm³/mol. The van der Waals surface area contributed by atoms with Crippen LogP contribution in [0.2, 0.25) is 0 Å². The third-order valence-electron chi connectivity index (χ3n) is 4.59. The topological polar surface area (TPSA) is 87.7 Å². The van der Waals surface area contributed by atoms with Crippen LogP contribution in [0, 0.1) is 5.82 Å². The molecule has 2 rings (SSSR count). The zero-order valence-corrected chi connectivity index (χ0v) is 18.1. The molecule has 1 aliphatic rings. The summed E-state index contributed by atoms with van der Waals surface area (Å²) in [4.78, 5) is 12.5. The Morgan fingerprint density at radius 3 is 2.00 bits per heavy atom. The fraction of sp³-hybridized carbons (Fsp3) is 0.632. The van der Waals surface area contributed by atoms with E-state index >= 15 is 0 Å². The van der Waals surface area contributed by atoms with Crippen LogP contribution in [-0.2, 0) is 14.9 Å². The first-order chi connectivity index (χ1) is 12.9. The lowest BCUT2D eigenvalue weighted by Crippen LogP contribution is -2.53. The Balaban J connectivity index is 2.25. The molecule has 0 saturated carbocycles. The van der Waals surface area contributed by atoms with E-state index in [1.165, 1.54) is 16.4 Å². The summed E-state index contributed by atoms with van der Waals surface area (Å²) in [6.07, 6.45) is -0.527. The van der Waals surface area contributed by atoms with Gasteiger partial charge in [0.25, 0.3) is 0 Å². The Morgan fingerprint density at radius 1 is 1.11 bits per heavy atom. The van der Waals surface area contributed by atoms with Gasteiger partial charge in [0.05, 0.1) is 12.2 Å². The third-order valence-corrected chi connectivity index (χ3v) is 6.02. The molecule has 1 aromatic carbocycles. The highest BCUT2D eigenvalue weighted by molar-refractivity contribution is 7.87. The van der Waals surface area contributed by atoms with Crippen LogP contribution in [-0.4, -0.2) is 44.1 Å². The fourth-order valence-electron chi connectivity index (χ4n) is 3.35. The summed E-state index contributed by atoms with van der Waals surface area (Å²) in [6, 6.07) is 1.86. The summed E-state index contributed by atoms with van der Waals surface area (Å²) in [7, 11) is -4.03. The monoisotopic (exact) mass is 415 g/mol. The van der Waals surface area contributed by atoms with Crippen molar-refractivity contribution in [2.24, 2.45) is 0 Å². The summed E-state index contributed by atoms with van der Waals surface area (Å²) < 4.78 is 48.0. The molecule has 0 aliphatic carbocycles. The smallest absolute Gasteiger partial charge is 0.333 e. The zero-order valence-electron chi connectivity index (χ0n) is 17.2. The van der Waals surface area contributed by atoms with Gasteiger partial charge in [-0.05, 0) is 48.9 Å². The summed E-state index contributed by atoms with van der Waals surface area (Å²) in [5.74, 6) is -0.496. The van der Waals surface area contributed by atoms with Crippen LogP contribution >= 0.6 is 0 Å². The van der Waals surface area contributed by atoms with Crippen molar-refractivity contribution in [3.05, 3.63) is 29.1 Å². The summed E-state index contributed by atoms with van der Waals surface area (Å²) in [6.45, 7) is 11.4. The summed E-state index contributed by atoms with van der Waals surface area (Å²) >= 11 is 0. The number of amides is 2. The Labute approximate surface area is 166 Å². The quantitative estimate of drug-likeness (QED) is 0.770. The molecule has 2 N–H and O–H groups in total. The number of benzene rings is 1. The van der Waals surface area contributed by atoms with Crippen LogP contribution < -0.4 is 10.0 Å². The highest BCUT2D eigenvalue weighted by Gasteiger charge is 2.32. The number of morpholine rings is 1. The molecule has 0 spiro atoms. The molecule has 1 aromatic rings. The number of nitrogens with one attached hydrogen (secondary N) is 2. The Hall–Kier alpha value is -1.71. The highest BCUT2D eigenvalue weighted by Crippen LogP contribution is 2.33. The number of hydrogen-bond donors (Lipinski definition) is 2. The normalized spacial score (nSPS) is 21.2. The maximum atomic E-state index is 14.0. The van der Waals surface area contributed by atoms with Crippen molar-refractivity contribution in [1.82, 2.24) is 9.03 Å². The third kappa shape index (κ3) is 5.42. The summed E-state index contributed by atoms with van der Waals surface area (Å²) in [5.41, 5.74) is 1.68. The van der Waals surface area contributed by atoms with Crippen molar-refractivity contribution in [3.8, 4) is 0 Å². The molecule has 1 aliphatic heterocycles. The minimum Gasteiger partial charge on any atom is -0.373 e. The van der Waals surface area contributed by atoms with E-state index in [1.807, 2.05) is 27.7 Å². The number of carbonyl (C=O) groups is 1. The fourth-order valence-corrected chi connectivity index (χ4v) is 4.58. The van der Waals surface area contributed by atoms with Gasteiger partial charge in [0.15, 0.2) is 0 Å². The Kier molecular flexibility index (Phi) is 7.06. The van der Waals surface area contributed by atoms with Gasteiger partial charge in [-0.1, -0.05) is 27.7 Å². The van der Waals surface area contributed by atoms with Crippen molar-refractivity contribution in [2.75, 3.05) is 18.4 Å². The lowest BCUT2D eigenvalue weighted by atomic mass is 9.92. The average molecular weight is 416 g/mol. The van der Waals surface area contributed by atoms with Crippen LogP contribution in [0.1, 0.15) is 64.5 Å². The van der Waals surface area contributed by atoms with Gasteiger partial charge in [-0.2, -0.15) is 12.7 Å². The number of ether oxygens (including phenoxy) is 1. The second-order valence-corrected chi connectivity index (χ2v) is 9.57. The van der Waals surface area contributed by atoms with Crippen LogP contribution in [0.3, 0.4) is 0 Å². The van der Waals surface area contributed by atoms with Crippen LogP contribution in [0.5, 0.6) is 0 Å². The molecule has 28 heavy (non-hydrogen) atoms. The van der Waals surface area contributed by atoms with Gasteiger partial charge in [-0.25, -0.2) is 13.9 Å². The van der Waals surface area contributed by atoms with Crippen molar-refractivity contribution in [1.29, 1.82) is 0 Å². The maximum Gasteiger partial charge on any atom is 0.333 e. The van der Waals surface area contributed by atoms with E-state index in [9.17, 15) is 17.6 Å². The molecule has 2 amide bonds. The minimum atomic E-state index is -4.03. The molecule has 0 bridgehead atoms. The molecule has 158 valence electrons. The maximum absolute atomic E-state index is 14.0. The number of urea groups is 1. The van der Waals surface area contributed by atoms with Gasteiger partial charge >= 0.3 is 16.2 Å². The highest BCUT2D eigenvalue weighted by atomic mass is 32.2. The second kappa shape index (κ2) is 8.75. The Morgan fingerprint density at radius 2 is 1.57 bits per heavy atom. The molecule has 0 aromatic heterocycles. The van der Waals surface area contributed by atoms with Gasteiger partial charge in [0, 0.05) is 18.8 Å². The number of hydrogen-bond acceptors (Lipinski definition) is 4. The molecule has 2 unspecified atom stereocenters. The molecular weight excluding hydrogens is 385 g/mol. The van der Waals surface area contributed by atoms with Crippen molar-refractivity contribution in [2.45, 2.75) is 65.6 Å². The molecular formula is C19H30FN3O4S. The first-order valence-electron chi connectivity index (χ1n) is 9.48. The second-order valence-electron chi connectivity index (χ2n) is 7.90. The van der Waals surface area contributed by atoms with E-state index < -0.39 is 16.2 Å². The Bertz CT molecular complexity index is 787. The predicted octanol–water partition coefficient (Wildman–Crippen LogP) is 3.55. The van der Waals surface area contributed by atoms with Gasteiger partial charge in [0.2, 0.25) is 0 Å². The van der Waals surface area contributed by atoms with E-state index in [2.05, 4.69) is 10.0 Å². The van der Waals surface area contributed by atoms with E-state index in [-0.39, 0.29) is 43.0 Å². The zero-order chi connectivity index (χ0) is 21.2. The molecule has 2 atom stereocenters. The van der Waals surface area contributed by atoms with Crippen LogP contribution in [0.4, 0.5) is 14.9 Å². The van der Waals surface area contributed by atoms with Crippen LogP contribution in [0.25, 0.3) is 0 Å². The van der Waals surface area contributed by atoms with E-state index in [1.54, 1.807) is 13.8 Å². The number of nitrogens with zero attached hydrogens (tertiary/aromatic N) is 1.